The van der Waals surface area contributed by atoms with Crippen LogP contribution in [0.5, 0.6) is 0 Å². The Bertz CT molecular complexity index is 504. The summed E-state index contributed by atoms with van der Waals surface area (Å²) in [5.41, 5.74) is 1.02. The third-order valence-corrected chi connectivity index (χ3v) is 3.59. The Balaban J connectivity index is 1.98. The smallest absolute Gasteiger partial charge is 0.269 e. The first-order valence-corrected chi connectivity index (χ1v) is 6.87. The Hall–Kier alpha value is -1.95. The van der Waals surface area contributed by atoms with Crippen LogP contribution in [0.15, 0.2) is 24.3 Å². The quantitative estimate of drug-likeness (QED) is 0.614. The van der Waals surface area contributed by atoms with Crippen LogP contribution in [0.25, 0.3) is 0 Å². The maximum atomic E-state index is 11.1. The summed E-state index contributed by atoms with van der Waals surface area (Å²) in [6.07, 6.45) is 2.26. The van der Waals surface area contributed by atoms with Crippen LogP contribution in [-0.4, -0.2) is 23.4 Å². The molecule has 1 aliphatic heterocycles. The summed E-state index contributed by atoms with van der Waals surface area (Å²) in [5, 5.41) is 17.1. The van der Waals surface area contributed by atoms with Crippen LogP contribution in [0.1, 0.15) is 37.8 Å². The van der Waals surface area contributed by atoms with E-state index >= 15 is 0 Å². The molecule has 6 heteroatoms. The van der Waals surface area contributed by atoms with Gasteiger partial charge in [0.1, 0.15) is 0 Å². The molecule has 1 aromatic carbocycles. The molecule has 1 aliphatic rings. The number of benzene rings is 1. The summed E-state index contributed by atoms with van der Waals surface area (Å²) in [6.45, 7) is 2.72. The van der Waals surface area contributed by atoms with E-state index in [-0.39, 0.29) is 28.6 Å². The molecular weight excluding hydrogens is 258 g/mol. The van der Waals surface area contributed by atoms with Gasteiger partial charge in [0.25, 0.3) is 5.69 Å². The largest absolute Gasteiger partial charge is 0.352 e. The second-order valence-electron chi connectivity index (χ2n) is 5.02. The lowest BCUT2D eigenvalue weighted by Crippen LogP contribution is -2.37. The standard InChI is InChI=1S/C14H19N3O3/c1-2-13(15-9-11-6-7-14(18)16-11)10-4-3-5-12(8-10)17(19)20/h3-5,8,11,13,15H,2,6-7,9H2,1H3,(H,16,18). The molecule has 1 aromatic rings. The number of amides is 1. The van der Waals surface area contributed by atoms with E-state index in [2.05, 4.69) is 10.6 Å². The molecule has 0 aliphatic carbocycles. The lowest BCUT2D eigenvalue weighted by Gasteiger charge is -2.20. The van der Waals surface area contributed by atoms with E-state index in [1.807, 2.05) is 13.0 Å². The fourth-order valence-electron chi connectivity index (χ4n) is 2.47. The van der Waals surface area contributed by atoms with Crippen molar-refractivity contribution in [1.82, 2.24) is 10.6 Å². The minimum absolute atomic E-state index is 0.0624. The number of carbonyl (C=O) groups excluding carboxylic acids is 1. The molecule has 1 fully saturated rings. The number of hydrogen-bond acceptors (Lipinski definition) is 4. The zero-order valence-corrected chi connectivity index (χ0v) is 11.5. The number of non-ortho nitro benzene ring substituents is 1. The van der Waals surface area contributed by atoms with Gasteiger partial charge in [-0.05, 0) is 18.4 Å². The molecule has 1 amide bonds. The van der Waals surface area contributed by atoms with E-state index in [1.165, 1.54) is 6.07 Å². The fraction of sp³-hybridized carbons (Fsp3) is 0.500. The van der Waals surface area contributed by atoms with Crippen molar-refractivity contribution >= 4 is 11.6 Å². The predicted molar refractivity (Wildman–Crippen MR) is 75.3 cm³/mol. The van der Waals surface area contributed by atoms with E-state index < -0.39 is 0 Å². The van der Waals surface area contributed by atoms with E-state index in [0.29, 0.717) is 13.0 Å². The minimum Gasteiger partial charge on any atom is -0.352 e. The highest BCUT2D eigenvalue weighted by Crippen LogP contribution is 2.21. The monoisotopic (exact) mass is 277 g/mol. The van der Waals surface area contributed by atoms with Crippen molar-refractivity contribution in [3.05, 3.63) is 39.9 Å². The van der Waals surface area contributed by atoms with Crippen LogP contribution < -0.4 is 10.6 Å². The molecule has 6 nitrogen and oxygen atoms in total. The van der Waals surface area contributed by atoms with Crippen LogP contribution in [-0.2, 0) is 4.79 Å². The van der Waals surface area contributed by atoms with Crippen LogP contribution in [0.3, 0.4) is 0 Å². The van der Waals surface area contributed by atoms with Crippen molar-refractivity contribution in [1.29, 1.82) is 0 Å². The summed E-state index contributed by atoms with van der Waals surface area (Å²) in [4.78, 5) is 21.6. The number of hydrogen-bond donors (Lipinski definition) is 2. The minimum atomic E-state index is -0.382. The average molecular weight is 277 g/mol. The van der Waals surface area contributed by atoms with Crippen molar-refractivity contribution in [3.63, 3.8) is 0 Å². The van der Waals surface area contributed by atoms with Gasteiger partial charge in [0, 0.05) is 37.2 Å². The highest BCUT2D eigenvalue weighted by molar-refractivity contribution is 5.78. The lowest BCUT2D eigenvalue weighted by molar-refractivity contribution is -0.384. The third kappa shape index (κ3) is 3.54. The molecule has 2 unspecified atom stereocenters. The molecule has 108 valence electrons. The van der Waals surface area contributed by atoms with E-state index in [1.54, 1.807) is 12.1 Å². The lowest BCUT2D eigenvalue weighted by atomic mass is 10.0. The van der Waals surface area contributed by atoms with Crippen LogP contribution in [0.2, 0.25) is 0 Å². The molecule has 20 heavy (non-hydrogen) atoms. The Morgan fingerprint density at radius 1 is 1.55 bits per heavy atom. The predicted octanol–water partition coefficient (Wildman–Crippen LogP) is 1.91. The van der Waals surface area contributed by atoms with Crippen molar-refractivity contribution < 1.29 is 9.72 Å². The molecule has 0 radical (unpaired) electrons. The number of nitro benzene ring substituents is 1. The fourth-order valence-corrected chi connectivity index (χ4v) is 2.47. The first-order valence-electron chi connectivity index (χ1n) is 6.87. The summed E-state index contributed by atoms with van der Waals surface area (Å²) in [5.74, 6) is 0.0974. The van der Waals surface area contributed by atoms with E-state index in [0.717, 1.165) is 18.4 Å². The maximum absolute atomic E-state index is 11.1. The Kier molecular flexibility index (Phi) is 4.68. The molecule has 0 aromatic heterocycles. The normalized spacial score (nSPS) is 19.6. The molecule has 1 heterocycles. The number of carbonyl (C=O) groups is 1. The van der Waals surface area contributed by atoms with Crippen molar-refractivity contribution in [3.8, 4) is 0 Å². The second-order valence-corrected chi connectivity index (χ2v) is 5.02. The molecular formula is C14H19N3O3. The SMILES string of the molecule is CCC(NCC1CCC(=O)N1)c1cccc([N+](=O)[O-])c1. The third-order valence-electron chi connectivity index (χ3n) is 3.59. The number of rotatable bonds is 6. The van der Waals surface area contributed by atoms with Crippen molar-refractivity contribution in [2.24, 2.45) is 0 Å². The molecule has 0 saturated carbocycles. The molecule has 1 saturated heterocycles. The topological polar surface area (TPSA) is 84.3 Å². The van der Waals surface area contributed by atoms with Crippen LogP contribution in [0.4, 0.5) is 5.69 Å². The number of nitrogens with zero attached hydrogens (tertiary/aromatic N) is 1. The summed E-state index contributed by atoms with van der Waals surface area (Å²) in [7, 11) is 0. The summed E-state index contributed by atoms with van der Waals surface area (Å²) < 4.78 is 0. The van der Waals surface area contributed by atoms with Crippen LogP contribution >= 0.6 is 0 Å². The van der Waals surface area contributed by atoms with Gasteiger partial charge in [0.05, 0.1) is 4.92 Å². The number of nitrogens with one attached hydrogen (secondary N) is 2. The van der Waals surface area contributed by atoms with E-state index in [4.69, 9.17) is 0 Å². The molecule has 0 bridgehead atoms. The highest BCUT2D eigenvalue weighted by Gasteiger charge is 2.21. The number of nitro groups is 1. The van der Waals surface area contributed by atoms with Gasteiger partial charge in [-0.3, -0.25) is 14.9 Å². The zero-order chi connectivity index (χ0) is 14.5. The summed E-state index contributed by atoms with van der Waals surface area (Å²) >= 11 is 0. The Morgan fingerprint density at radius 3 is 2.95 bits per heavy atom. The van der Waals surface area contributed by atoms with Gasteiger partial charge in [-0.1, -0.05) is 19.1 Å². The van der Waals surface area contributed by atoms with Gasteiger partial charge in [0.2, 0.25) is 5.91 Å². The molecule has 2 atom stereocenters. The maximum Gasteiger partial charge on any atom is 0.269 e. The second kappa shape index (κ2) is 6.47. The highest BCUT2D eigenvalue weighted by atomic mass is 16.6. The zero-order valence-electron chi connectivity index (χ0n) is 11.5. The first kappa shape index (κ1) is 14.5. The Labute approximate surface area is 117 Å². The van der Waals surface area contributed by atoms with Gasteiger partial charge < -0.3 is 10.6 Å². The van der Waals surface area contributed by atoms with E-state index in [9.17, 15) is 14.9 Å². The Morgan fingerprint density at radius 2 is 2.35 bits per heavy atom. The van der Waals surface area contributed by atoms with Crippen molar-refractivity contribution in [2.45, 2.75) is 38.3 Å². The van der Waals surface area contributed by atoms with Gasteiger partial charge in [-0.15, -0.1) is 0 Å². The van der Waals surface area contributed by atoms with Gasteiger partial charge >= 0.3 is 0 Å². The van der Waals surface area contributed by atoms with Crippen LogP contribution in [0, 0.1) is 10.1 Å². The van der Waals surface area contributed by atoms with Crippen molar-refractivity contribution in [2.75, 3.05) is 6.54 Å². The molecule has 0 spiro atoms. The molecule has 2 rings (SSSR count). The van der Waals surface area contributed by atoms with Gasteiger partial charge in [-0.2, -0.15) is 0 Å². The van der Waals surface area contributed by atoms with Gasteiger partial charge in [0.15, 0.2) is 0 Å². The van der Waals surface area contributed by atoms with Gasteiger partial charge in [-0.25, -0.2) is 0 Å². The first-order chi connectivity index (χ1) is 9.60. The molecule has 2 N–H and O–H groups in total. The summed E-state index contributed by atoms with van der Waals surface area (Å²) in [6, 6.07) is 6.92. The average Bonchev–Trinajstić information content (AvgIpc) is 2.85.